The van der Waals surface area contributed by atoms with Crippen LogP contribution in [0.3, 0.4) is 0 Å². The lowest BCUT2D eigenvalue weighted by Gasteiger charge is -2.03. The molecule has 0 aliphatic carbocycles. The van der Waals surface area contributed by atoms with Gasteiger partial charge in [-0.25, -0.2) is 15.4 Å². The van der Waals surface area contributed by atoms with Gasteiger partial charge < -0.3 is 0 Å². The highest BCUT2D eigenvalue weighted by Crippen LogP contribution is 2.21. The van der Waals surface area contributed by atoms with Crippen LogP contribution in [0.1, 0.15) is 33.6 Å². The average Bonchev–Trinajstić information content (AvgIpc) is 2.80. The summed E-state index contributed by atoms with van der Waals surface area (Å²) in [6, 6.07) is 3.99. The van der Waals surface area contributed by atoms with E-state index in [0.717, 1.165) is 22.7 Å². The number of nitrogens with zero attached hydrogens (tertiary/aromatic N) is 3. The number of aryl methyl sites for hydroxylation is 4. The molecule has 0 aliphatic heterocycles. The molecular weight excluding hydrogens is 328 g/mol. The minimum atomic E-state index is -0.165. The number of rotatable bonds is 5. The summed E-state index contributed by atoms with van der Waals surface area (Å²) in [5, 5.41) is 4.80. The maximum atomic E-state index is 11.9. The van der Waals surface area contributed by atoms with Crippen molar-refractivity contribution in [2.45, 2.75) is 39.8 Å². The first-order valence-electron chi connectivity index (χ1n) is 7.21. The molecule has 0 fully saturated rings. The van der Waals surface area contributed by atoms with E-state index in [-0.39, 0.29) is 11.7 Å². The van der Waals surface area contributed by atoms with Gasteiger partial charge in [-0.3, -0.25) is 4.79 Å². The smallest absolute Gasteiger partial charge is 0.250 e. The topological polar surface area (TPSA) is 67.2 Å². The van der Waals surface area contributed by atoms with Crippen molar-refractivity contribution >= 4 is 34.7 Å². The predicted octanol–water partition coefficient (Wildman–Crippen LogP) is 3.40. The number of carbonyl (C=O) groups excluding carboxylic acids is 1. The van der Waals surface area contributed by atoms with E-state index in [2.05, 4.69) is 40.4 Å². The zero-order valence-electron chi connectivity index (χ0n) is 13.9. The lowest BCUT2D eigenvalue weighted by Crippen LogP contribution is -2.21. The lowest BCUT2D eigenvalue weighted by molar-refractivity contribution is -0.118. The summed E-state index contributed by atoms with van der Waals surface area (Å²) < 4.78 is 0. The SMILES string of the molecule is C/C(=N\NC(=O)CSc1nc(C)cc(C)n1)c1cc(C)sc1C. The maximum absolute atomic E-state index is 11.9. The Bertz CT molecular complexity index is 732. The molecule has 0 radical (unpaired) electrons. The van der Waals surface area contributed by atoms with Gasteiger partial charge in [-0.05, 0) is 46.8 Å². The highest BCUT2D eigenvalue weighted by molar-refractivity contribution is 7.99. The van der Waals surface area contributed by atoms with Gasteiger partial charge in [-0.1, -0.05) is 11.8 Å². The third-order valence-corrected chi connectivity index (χ3v) is 4.89. The molecule has 2 rings (SSSR count). The number of hydrazone groups is 1. The fraction of sp³-hybridized carbons (Fsp3) is 0.375. The molecule has 0 bridgehead atoms. The molecule has 2 aromatic rings. The van der Waals surface area contributed by atoms with E-state index in [0.29, 0.717) is 5.16 Å². The van der Waals surface area contributed by atoms with Crippen molar-refractivity contribution in [2.75, 3.05) is 5.75 Å². The molecule has 0 saturated carbocycles. The number of carbonyl (C=O) groups is 1. The van der Waals surface area contributed by atoms with Crippen molar-refractivity contribution in [1.82, 2.24) is 15.4 Å². The van der Waals surface area contributed by atoms with Gasteiger partial charge in [0.2, 0.25) is 0 Å². The van der Waals surface area contributed by atoms with Crippen molar-refractivity contribution in [3.05, 3.63) is 38.8 Å². The van der Waals surface area contributed by atoms with Crippen molar-refractivity contribution in [1.29, 1.82) is 0 Å². The second-order valence-corrected chi connectivity index (χ2v) is 7.68. The number of hydrogen-bond acceptors (Lipinski definition) is 6. The fourth-order valence-electron chi connectivity index (χ4n) is 2.12. The molecule has 0 atom stereocenters. The molecule has 7 heteroatoms. The van der Waals surface area contributed by atoms with Crippen molar-refractivity contribution in [3.8, 4) is 0 Å². The van der Waals surface area contributed by atoms with Crippen LogP contribution in [0.5, 0.6) is 0 Å². The number of thiophene rings is 1. The normalized spacial score (nSPS) is 11.6. The van der Waals surface area contributed by atoms with Gasteiger partial charge in [0.1, 0.15) is 0 Å². The Hall–Kier alpha value is -1.73. The third kappa shape index (κ3) is 5.14. The Labute approximate surface area is 144 Å². The average molecular weight is 348 g/mol. The Balaban J connectivity index is 1.92. The van der Waals surface area contributed by atoms with E-state index in [1.807, 2.05) is 26.8 Å². The molecule has 0 unspecified atom stereocenters. The molecule has 5 nitrogen and oxygen atoms in total. The van der Waals surface area contributed by atoms with Gasteiger partial charge in [0.05, 0.1) is 11.5 Å². The Morgan fingerprint density at radius 2 is 1.87 bits per heavy atom. The molecule has 0 aromatic carbocycles. The number of amides is 1. The van der Waals surface area contributed by atoms with Crippen LogP contribution in [0.2, 0.25) is 0 Å². The quantitative estimate of drug-likeness (QED) is 0.389. The zero-order valence-corrected chi connectivity index (χ0v) is 15.6. The third-order valence-electron chi connectivity index (χ3n) is 3.07. The number of aromatic nitrogens is 2. The molecule has 2 aromatic heterocycles. The molecule has 0 spiro atoms. The van der Waals surface area contributed by atoms with Crippen molar-refractivity contribution in [3.63, 3.8) is 0 Å². The van der Waals surface area contributed by atoms with Gasteiger partial charge in [0.25, 0.3) is 5.91 Å². The summed E-state index contributed by atoms with van der Waals surface area (Å²) in [6.45, 7) is 9.85. The molecule has 1 amide bonds. The Kier molecular flexibility index (Phi) is 5.90. The van der Waals surface area contributed by atoms with Crippen LogP contribution in [-0.4, -0.2) is 27.3 Å². The van der Waals surface area contributed by atoms with Gasteiger partial charge in [-0.15, -0.1) is 11.3 Å². The first-order chi connectivity index (χ1) is 10.8. The van der Waals surface area contributed by atoms with Crippen molar-refractivity contribution in [2.24, 2.45) is 5.10 Å². The van der Waals surface area contributed by atoms with Crippen LogP contribution in [0.25, 0.3) is 0 Å². The van der Waals surface area contributed by atoms with E-state index in [9.17, 15) is 4.79 Å². The van der Waals surface area contributed by atoms with E-state index >= 15 is 0 Å². The first-order valence-corrected chi connectivity index (χ1v) is 9.01. The van der Waals surface area contributed by atoms with Crippen LogP contribution in [0, 0.1) is 27.7 Å². The van der Waals surface area contributed by atoms with Gasteiger partial charge in [-0.2, -0.15) is 5.10 Å². The van der Waals surface area contributed by atoms with E-state index in [1.165, 1.54) is 21.5 Å². The van der Waals surface area contributed by atoms with Crippen LogP contribution in [0.15, 0.2) is 22.4 Å². The van der Waals surface area contributed by atoms with Gasteiger partial charge in [0.15, 0.2) is 5.16 Å². The van der Waals surface area contributed by atoms with Crippen LogP contribution in [0.4, 0.5) is 0 Å². The van der Waals surface area contributed by atoms with Crippen LogP contribution in [-0.2, 0) is 4.79 Å². The second-order valence-electron chi connectivity index (χ2n) is 5.28. The zero-order chi connectivity index (χ0) is 17.0. The summed E-state index contributed by atoms with van der Waals surface area (Å²) >= 11 is 3.04. The highest BCUT2D eigenvalue weighted by atomic mass is 32.2. The summed E-state index contributed by atoms with van der Waals surface area (Å²) in [5.41, 5.74) is 6.29. The van der Waals surface area contributed by atoms with Gasteiger partial charge >= 0.3 is 0 Å². The van der Waals surface area contributed by atoms with Crippen molar-refractivity contribution < 1.29 is 4.79 Å². The largest absolute Gasteiger partial charge is 0.272 e. The van der Waals surface area contributed by atoms with Crippen LogP contribution >= 0.6 is 23.1 Å². The summed E-state index contributed by atoms with van der Waals surface area (Å²) in [6.07, 6.45) is 0. The standard InChI is InChI=1S/C16H20N4OS2/c1-9-6-10(2)18-16(17-9)22-8-15(21)20-19-12(4)14-7-11(3)23-13(14)5/h6-7H,8H2,1-5H3,(H,20,21)/b19-12+. The summed E-state index contributed by atoms with van der Waals surface area (Å²) in [5.74, 6) is 0.0723. The number of hydrogen-bond donors (Lipinski definition) is 1. The first kappa shape index (κ1) is 17.6. The van der Waals surface area contributed by atoms with E-state index in [4.69, 9.17) is 0 Å². The summed E-state index contributed by atoms with van der Waals surface area (Å²) in [4.78, 5) is 23.0. The molecule has 1 N–H and O–H groups in total. The molecule has 122 valence electrons. The molecule has 0 aliphatic rings. The van der Waals surface area contributed by atoms with E-state index in [1.54, 1.807) is 11.3 Å². The van der Waals surface area contributed by atoms with E-state index < -0.39 is 0 Å². The highest BCUT2D eigenvalue weighted by Gasteiger charge is 2.08. The van der Waals surface area contributed by atoms with Crippen LogP contribution < -0.4 is 5.43 Å². The fourth-order valence-corrected chi connectivity index (χ4v) is 3.84. The number of nitrogens with one attached hydrogen (secondary N) is 1. The number of thioether (sulfide) groups is 1. The monoisotopic (exact) mass is 348 g/mol. The van der Waals surface area contributed by atoms with Gasteiger partial charge in [0, 0.05) is 26.7 Å². The summed E-state index contributed by atoms with van der Waals surface area (Å²) in [7, 11) is 0. The maximum Gasteiger partial charge on any atom is 0.250 e. The molecule has 2 heterocycles. The minimum absolute atomic E-state index is 0.165. The molecule has 0 saturated heterocycles. The lowest BCUT2D eigenvalue weighted by atomic mass is 10.2. The minimum Gasteiger partial charge on any atom is -0.272 e. The molecular formula is C16H20N4OS2. The molecule has 23 heavy (non-hydrogen) atoms. The predicted molar refractivity (Wildman–Crippen MR) is 96.4 cm³/mol. The second kappa shape index (κ2) is 7.70. The Morgan fingerprint density at radius 3 is 2.43 bits per heavy atom. The Morgan fingerprint density at radius 1 is 1.22 bits per heavy atom.